The molecule has 0 aliphatic heterocycles. The molecule has 0 radical (unpaired) electrons. The Morgan fingerprint density at radius 3 is 1.94 bits per heavy atom. The summed E-state index contributed by atoms with van der Waals surface area (Å²) in [4.78, 5) is 21.6. The second kappa shape index (κ2) is 8.95. The zero-order valence-corrected chi connectivity index (χ0v) is 11.8. The number of unbranched alkanes of at least 4 members (excludes halogenated alkanes) is 4. The Bertz CT molecular complexity index is 253. The highest BCUT2D eigenvalue weighted by molar-refractivity contribution is 5.69. The van der Waals surface area contributed by atoms with Gasteiger partial charge in [-0.15, -0.1) is 0 Å². The second-order valence-electron chi connectivity index (χ2n) is 5.88. The van der Waals surface area contributed by atoms with Crippen LogP contribution in [0.5, 0.6) is 0 Å². The standard InChI is InChI=1S/C14H26O4/c1-14(2,3)11-18-13(17)10-8-6-4-5-7-9-12(15)16/h4-11H2,1-3H3,(H,15,16). The van der Waals surface area contributed by atoms with Crippen molar-refractivity contribution < 1.29 is 19.4 Å². The Morgan fingerprint density at radius 2 is 1.44 bits per heavy atom. The number of rotatable bonds is 9. The van der Waals surface area contributed by atoms with Gasteiger partial charge in [0.15, 0.2) is 0 Å². The van der Waals surface area contributed by atoms with Crippen LogP contribution in [-0.2, 0) is 14.3 Å². The van der Waals surface area contributed by atoms with E-state index in [9.17, 15) is 9.59 Å². The van der Waals surface area contributed by atoms with Gasteiger partial charge in [0.2, 0.25) is 0 Å². The van der Waals surface area contributed by atoms with Crippen molar-refractivity contribution in [3.8, 4) is 0 Å². The van der Waals surface area contributed by atoms with Gasteiger partial charge in [-0.25, -0.2) is 0 Å². The van der Waals surface area contributed by atoms with Gasteiger partial charge in [-0.05, 0) is 18.3 Å². The SMILES string of the molecule is CC(C)(C)COC(=O)CCCCCCCC(=O)O. The van der Waals surface area contributed by atoms with Gasteiger partial charge in [0.1, 0.15) is 0 Å². The summed E-state index contributed by atoms with van der Waals surface area (Å²) in [6, 6.07) is 0. The van der Waals surface area contributed by atoms with Gasteiger partial charge < -0.3 is 9.84 Å². The average molecular weight is 258 g/mol. The molecular formula is C14H26O4. The first-order valence-electron chi connectivity index (χ1n) is 6.69. The maximum atomic E-state index is 11.4. The van der Waals surface area contributed by atoms with Crippen LogP contribution in [0, 0.1) is 5.41 Å². The maximum Gasteiger partial charge on any atom is 0.305 e. The molecule has 0 rings (SSSR count). The van der Waals surface area contributed by atoms with Crippen molar-refractivity contribution in [1.29, 1.82) is 0 Å². The van der Waals surface area contributed by atoms with Gasteiger partial charge in [0.25, 0.3) is 0 Å². The summed E-state index contributed by atoms with van der Waals surface area (Å²) in [5, 5.41) is 8.45. The number of aliphatic carboxylic acids is 1. The lowest BCUT2D eigenvalue weighted by Gasteiger charge is -2.17. The predicted molar refractivity (Wildman–Crippen MR) is 70.4 cm³/mol. The molecule has 0 saturated heterocycles. The normalized spacial score (nSPS) is 11.3. The molecule has 18 heavy (non-hydrogen) atoms. The number of carbonyl (C=O) groups is 2. The summed E-state index contributed by atoms with van der Waals surface area (Å²) < 4.78 is 5.15. The van der Waals surface area contributed by atoms with E-state index >= 15 is 0 Å². The number of esters is 1. The lowest BCUT2D eigenvalue weighted by atomic mass is 9.99. The fourth-order valence-corrected chi connectivity index (χ4v) is 1.45. The minimum Gasteiger partial charge on any atom is -0.481 e. The molecule has 0 amide bonds. The van der Waals surface area contributed by atoms with E-state index in [1.54, 1.807) is 0 Å². The van der Waals surface area contributed by atoms with Crippen LogP contribution < -0.4 is 0 Å². The summed E-state index contributed by atoms with van der Waals surface area (Å²) >= 11 is 0. The number of carboxylic acid groups (broad SMARTS) is 1. The van der Waals surface area contributed by atoms with Crippen molar-refractivity contribution in [2.75, 3.05) is 6.61 Å². The van der Waals surface area contributed by atoms with Crippen LogP contribution in [0.1, 0.15) is 65.7 Å². The van der Waals surface area contributed by atoms with Crippen LogP contribution in [0.2, 0.25) is 0 Å². The summed E-state index contributed by atoms with van der Waals surface area (Å²) in [5.41, 5.74) is 0.0203. The van der Waals surface area contributed by atoms with Gasteiger partial charge in [-0.3, -0.25) is 9.59 Å². The molecule has 0 aliphatic carbocycles. The fraction of sp³-hybridized carbons (Fsp3) is 0.857. The predicted octanol–water partition coefficient (Wildman–Crippen LogP) is 3.39. The van der Waals surface area contributed by atoms with Crippen LogP contribution in [0.4, 0.5) is 0 Å². The average Bonchev–Trinajstić information content (AvgIpc) is 2.23. The second-order valence-corrected chi connectivity index (χ2v) is 5.88. The van der Waals surface area contributed by atoms with Crippen molar-refractivity contribution in [2.45, 2.75) is 65.7 Å². The molecular weight excluding hydrogens is 232 g/mol. The van der Waals surface area contributed by atoms with Gasteiger partial charge in [-0.1, -0.05) is 40.0 Å². The molecule has 0 bridgehead atoms. The first-order chi connectivity index (χ1) is 8.31. The summed E-state index contributed by atoms with van der Waals surface area (Å²) in [7, 11) is 0. The Kier molecular flexibility index (Phi) is 8.42. The highest BCUT2D eigenvalue weighted by atomic mass is 16.5. The van der Waals surface area contributed by atoms with Crippen LogP contribution in [0.25, 0.3) is 0 Å². The minimum atomic E-state index is -0.735. The lowest BCUT2D eigenvalue weighted by molar-refractivity contribution is -0.146. The number of carbonyl (C=O) groups excluding carboxylic acids is 1. The topological polar surface area (TPSA) is 63.6 Å². The highest BCUT2D eigenvalue weighted by Crippen LogP contribution is 2.14. The molecule has 0 aliphatic rings. The number of ether oxygens (including phenoxy) is 1. The highest BCUT2D eigenvalue weighted by Gasteiger charge is 2.13. The number of hydrogen-bond acceptors (Lipinski definition) is 3. The lowest BCUT2D eigenvalue weighted by Crippen LogP contribution is -2.18. The molecule has 0 unspecified atom stereocenters. The van der Waals surface area contributed by atoms with E-state index in [1.165, 1.54) is 0 Å². The fourth-order valence-electron chi connectivity index (χ4n) is 1.45. The zero-order valence-electron chi connectivity index (χ0n) is 11.8. The van der Waals surface area contributed by atoms with Crippen molar-refractivity contribution in [2.24, 2.45) is 5.41 Å². The molecule has 106 valence electrons. The van der Waals surface area contributed by atoms with Crippen molar-refractivity contribution in [3.63, 3.8) is 0 Å². The maximum absolute atomic E-state index is 11.4. The van der Waals surface area contributed by atoms with E-state index in [2.05, 4.69) is 0 Å². The molecule has 0 aromatic carbocycles. The van der Waals surface area contributed by atoms with Crippen LogP contribution in [0.3, 0.4) is 0 Å². The third-order valence-corrected chi connectivity index (χ3v) is 2.44. The van der Waals surface area contributed by atoms with Crippen molar-refractivity contribution in [1.82, 2.24) is 0 Å². The Balaban J connectivity index is 3.33. The summed E-state index contributed by atoms with van der Waals surface area (Å²) in [6.07, 6.45) is 5.13. The third-order valence-electron chi connectivity index (χ3n) is 2.44. The summed E-state index contributed by atoms with van der Waals surface area (Å²) in [5.74, 6) is -0.865. The summed E-state index contributed by atoms with van der Waals surface area (Å²) in [6.45, 7) is 6.55. The van der Waals surface area contributed by atoms with E-state index in [-0.39, 0.29) is 17.8 Å². The van der Waals surface area contributed by atoms with E-state index < -0.39 is 5.97 Å². The first kappa shape index (κ1) is 16.9. The minimum absolute atomic E-state index is 0.0203. The molecule has 0 fully saturated rings. The number of hydrogen-bond donors (Lipinski definition) is 1. The zero-order chi connectivity index (χ0) is 14.0. The first-order valence-corrected chi connectivity index (χ1v) is 6.69. The van der Waals surface area contributed by atoms with Crippen LogP contribution in [-0.4, -0.2) is 23.7 Å². The largest absolute Gasteiger partial charge is 0.481 e. The van der Waals surface area contributed by atoms with E-state index in [0.29, 0.717) is 13.0 Å². The van der Waals surface area contributed by atoms with Gasteiger partial charge in [-0.2, -0.15) is 0 Å². The molecule has 4 heteroatoms. The van der Waals surface area contributed by atoms with Crippen molar-refractivity contribution >= 4 is 11.9 Å². The van der Waals surface area contributed by atoms with E-state index in [0.717, 1.165) is 32.1 Å². The monoisotopic (exact) mass is 258 g/mol. The van der Waals surface area contributed by atoms with Gasteiger partial charge >= 0.3 is 11.9 Å². The molecule has 0 atom stereocenters. The Morgan fingerprint density at radius 1 is 0.944 bits per heavy atom. The quantitative estimate of drug-likeness (QED) is 0.508. The van der Waals surface area contributed by atoms with Crippen LogP contribution >= 0.6 is 0 Å². The van der Waals surface area contributed by atoms with Gasteiger partial charge in [0, 0.05) is 12.8 Å². The molecule has 0 saturated carbocycles. The number of carboxylic acids is 1. The van der Waals surface area contributed by atoms with Crippen LogP contribution in [0.15, 0.2) is 0 Å². The smallest absolute Gasteiger partial charge is 0.305 e. The van der Waals surface area contributed by atoms with E-state index in [4.69, 9.17) is 9.84 Å². The molecule has 0 aromatic heterocycles. The molecule has 1 N–H and O–H groups in total. The van der Waals surface area contributed by atoms with Crippen molar-refractivity contribution in [3.05, 3.63) is 0 Å². The Labute approximate surface area is 110 Å². The Hall–Kier alpha value is -1.06. The van der Waals surface area contributed by atoms with E-state index in [1.807, 2.05) is 20.8 Å². The third kappa shape index (κ3) is 13.0. The molecule has 4 nitrogen and oxygen atoms in total. The molecule has 0 heterocycles. The van der Waals surface area contributed by atoms with Gasteiger partial charge in [0.05, 0.1) is 6.61 Å². The molecule has 0 spiro atoms. The molecule has 0 aromatic rings.